The fourth-order valence-corrected chi connectivity index (χ4v) is 4.19. The molecule has 2 aliphatic rings. The zero-order valence-electron chi connectivity index (χ0n) is 15.8. The summed E-state index contributed by atoms with van der Waals surface area (Å²) in [6, 6.07) is 3.47. The van der Waals surface area contributed by atoms with E-state index in [1.165, 1.54) is 0 Å². The molecule has 0 radical (unpaired) electrons. The summed E-state index contributed by atoms with van der Waals surface area (Å²) in [5, 5.41) is 0. The molecule has 3 rings (SSSR count). The molecule has 0 N–H and O–H groups in total. The molecule has 1 saturated carbocycles. The van der Waals surface area contributed by atoms with Crippen molar-refractivity contribution in [1.82, 2.24) is 14.8 Å². The summed E-state index contributed by atoms with van der Waals surface area (Å²) in [7, 11) is 3.46. The lowest BCUT2D eigenvalue weighted by Gasteiger charge is -2.34. The average molecular weight is 359 g/mol. The van der Waals surface area contributed by atoms with Crippen molar-refractivity contribution in [1.29, 1.82) is 0 Å². The molecule has 26 heavy (non-hydrogen) atoms. The highest BCUT2D eigenvalue weighted by Crippen LogP contribution is 2.33. The topological polar surface area (TPSA) is 62.7 Å². The van der Waals surface area contributed by atoms with Crippen LogP contribution < -0.4 is 4.74 Å². The second-order valence-electron chi connectivity index (χ2n) is 7.37. The smallest absolute Gasteiger partial charge is 0.255 e. The maximum Gasteiger partial charge on any atom is 0.255 e. The van der Waals surface area contributed by atoms with Crippen molar-refractivity contribution in [2.75, 3.05) is 27.2 Å². The van der Waals surface area contributed by atoms with E-state index in [0.717, 1.165) is 51.5 Å². The lowest BCUT2D eigenvalue weighted by atomic mass is 9.99. The first-order valence-corrected chi connectivity index (χ1v) is 9.68. The molecular formula is C20H29N3O3. The van der Waals surface area contributed by atoms with Crippen LogP contribution in [0.2, 0.25) is 0 Å². The van der Waals surface area contributed by atoms with Crippen molar-refractivity contribution < 1.29 is 14.3 Å². The van der Waals surface area contributed by atoms with Crippen LogP contribution in [0.3, 0.4) is 0 Å². The van der Waals surface area contributed by atoms with Crippen LogP contribution in [0.4, 0.5) is 0 Å². The zero-order valence-corrected chi connectivity index (χ0v) is 15.8. The number of amides is 2. The Balaban J connectivity index is 1.85. The number of hydrogen-bond donors (Lipinski definition) is 0. The van der Waals surface area contributed by atoms with E-state index in [4.69, 9.17) is 4.74 Å². The van der Waals surface area contributed by atoms with Gasteiger partial charge >= 0.3 is 0 Å². The maximum atomic E-state index is 13.2. The van der Waals surface area contributed by atoms with Crippen molar-refractivity contribution >= 4 is 11.8 Å². The van der Waals surface area contributed by atoms with Gasteiger partial charge < -0.3 is 14.5 Å². The molecule has 0 bridgehead atoms. The molecule has 2 unspecified atom stereocenters. The fraction of sp³-hybridized carbons (Fsp3) is 0.650. The predicted molar refractivity (Wildman–Crippen MR) is 99.1 cm³/mol. The lowest BCUT2D eigenvalue weighted by Crippen LogP contribution is -2.47. The second-order valence-corrected chi connectivity index (χ2v) is 7.37. The minimum atomic E-state index is -0.0757. The van der Waals surface area contributed by atoms with Crippen molar-refractivity contribution in [3.05, 3.63) is 23.9 Å². The Morgan fingerprint density at radius 1 is 1.12 bits per heavy atom. The van der Waals surface area contributed by atoms with Crippen LogP contribution in [-0.2, 0) is 4.79 Å². The summed E-state index contributed by atoms with van der Waals surface area (Å²) in [5.41, 5.74) is 0.562. The van der Waals surface area contributed by atoms with Gasteiger partial charge in [0.05, 0.1) is 18.6 Å². The van der Waals surface area contributed by atoms with E-state index in [-0.39, 0.29) is 23.8 Å². The number of hydrogen-bond acceptors (Lipinski definition) is 4. The second kappa shape index (κ2) is 8.52. The van der Waals surface area contributed by atoms with Crippen LogP contribution >= 0.6 is 0 Å². The van der Waals surface area contributed by atoms with E-state index >= 15 is 0 Å². The van der Waals surface area contributed by atoms with Crippen molar-refractivity contribution in [3.63, 3.8) is 0 Å². The number of carbonyl (C=O) groups excluding carboxylic acids is 2. The van der Waals surface area contributed by atoms with Gasteiger partial charge in [-0.25, -0.2) is 4.98 Å². The Morgan fingerprint density at radius 3 is 2.58 bits per heavy atom. The minimum Gasteiger partial charge on any atom is -0.481 e. The van der Waals surface area contributed by atoms with Crippen molar-refractivity contribution in [2.24, 2.45) is 5.92 Å². The van der Waals surface area contributed by atoms with Gasteiger partial charge in [-0.3, -0.25) is 9.59 Å². The Bertz CT molecular complexity index is 632. The van der Waals surface area contributed by atoms with Gasteiger partial charge in [0.1, 0.15) is 0 Å². The first kappa shape index (κ1) is 18.7. The first-order valence-electron chi connectivity index (χ1n) is 9.68. The van der Waals surface area contributed by atoms with Crippen LogP contribution in [0.5, 0.6) is 5.88 Å². The largest absolute Gasteiger partial charge is 0.481 e. The summed E-state index contributed by atoms with van der Waals surface area (Å²) < 4.78 is 5.08. The number of nitrogens with zero attached hydrogens (tertiary/aromatic N) is 3. The monoisotopic (exact) mass is 359 g/mol. The Labute approximate surface area is 155 Å². The lowest BCUT2D eigenvalue weighted by molar-refractivity contribution is -0.135. The first-order chi connectivity index (χ1) is 12.6. The number of pyridine rings is 1. The summed E-state index contributed by atoms with van der Waals surface area (Å²) in [4.78, 5) is 34.1. The molecule has 1 aliphatic carbocycles. The zero-order chi connectivity index (χ0) is 18.5. The van der Waals surface area contributed by atoms with E-state index < -0.39 is 0 Å². The number of fused-ring (bicyclic) bond motifs is 1. The van der Waals surface area contributed by atoms with Crippen molar-refractivity contribution in [2.45, 2.75) is 51.0 Å². The highest BCUT2D eigenvalue weighted by Gasteiger charge is 2.40. The molecule has 0 aromatic carbocycles. The van der Waals surface area contributed by atoms with E-state index in [9.17, 15) is 9.59 Å². The van der Waals surface area contributed by atoms with Gasteiger partial charge in [0, 0.05) is 38.4 Å². The third-order valence-electron chi connectivity index (χ3n) is 5.67. The highest BCUT2D eigenvalue weighted by molar-refractivity contribution is 5.94. The molecule has 1 aromatic rings. The third-order valence-corrected chi connectivity index (χ3v) is 5.67. The van der Waals surface area contributed by atoms with Gasteiger partial charge in [-0.2, -0.15) is 0 Å². The normalized spacial score (nSPS) is 24.8. The van der Waals surface area contributed by atoms with E-state index in [1.807, 2.05) is 16.8 Å². The van der Waals surface area contributed by atoms with Gasteiger partial charge in [0.25, 0.3) is 5.91 Å². The molecular weight excluding hydrogens is 330 g/mol. The molecule has 1 saturated heterocycles. The number of methoxy groups -OCH3 is 1. The minimum absolute atomic E-state index is 0.00217. The van der Waals surface area contributed by atoms with Gasteiger partial charge in [-0.1, -0.05) is 19.3 Å². The quantitative estimate of drug-likeness (QED) is 0.814. The number of ether oxygens (including phenoxy) is 1. The van der Waals surface area contributed by atoms with Gasteiger partial charge in [-0.15, -0.1) is 0 Å². The van der Waals surface area contributed by atoms with Crippen molar-refractivity contribution in [3.8, 4) is 5.88 Å². The fourth-order valence-electron chi connectivity index (χ4n) is 4.19. The molecule has 142 valence electrons. The molecule has 1 aliphatic heterocycles. The van der Waals surface area contributed by atoms with E-state index in [0.29, 0.717) is 18.0 Å². The number of rotatable bonds is 2. The number of carbonyl (C=O) groups is 2. The Morgan fingerprint density at radius 2 is 1.88 bits per heavy atom. The summed E-state index contributed by atoms with van der Waals surface area (Å²) in [6.45, 7) is 1.53. The van der Waals surface area contributed by atoms with Crippen LogP contribution in [-0.4, -0.2) is 59.9 Å². The van der Waals surface area contributed by atoms with E-state index in [1.54, 1.807) is 25.4 Å². The van der Waals surface area contributed by atoms with Crippen LogP contribution in [0.15, 0.2) is 18.3 Å². The third kappa shape index (κ3) is 4.00. The Kier molecular flexibility index (Phi) is 6.12. The molecule has 6 nitrogen and oxygen atoms in total. The SMILES string of the molecule is COc1ccc(C(=O)N2CCCCCCN(C)C(=O)C3CCCC32)cn1. The molecule has 1 aromatic heterocycles. The molecule has 2 atom stereocenters. The maximum absolute atomic E-state index is 13.2. The van der Waals surface area contributed by atoms with Crippen LogP contribution in [0.1, 0.15) is 55.3 Å². The molecule has 2 fully saturated rings. The molecule has 6 heteroatoms. The Hall–Kier alpha value is -2.11. The van der Waals surface area contributed by atoms with Gasteiger partial charge in [0.2, 0.25) is 11.8 Å². The van der Waals surface area contributed by atoms with Gasteiger partial charge in [0.15, 0.2) is 0 Å². The highest BCUT2D eigenvalue weighted by atomic mass is 16.5. The number of aromatic nitrogens is 1. The van der Waals surface area contributed by atoms with Gasteiger partial charge in [-0.05, 0) is 31.7 Å². The average Bonchev–Trinajstić information content (AvgIpc) is 3.14. The van der Waals surface area contributed by atoms with Crippen LogP contribution in [0.25, 0.3) is 0 Å². The predicted octanol–water partition coefficient (Wildman–Crippen LogP) is 2.73. The standard InChI is InChI=1S/C20H29N3O3/c1-22-12-5-3-4-6-13-23(17-9-7-8-16(17)20(22)25)19(24)15-10-11-18(26-2)21-14-15/h10-11,14,16-17H,3-9,12-13H2,1-2H3. The van der Waals surface area contributed by atoms with Crippen LogP contribution in [0, 0.1) is 5.92 Å². The molecule has 2 amide bonds. The van der Waals surface area contributed by atoms with E-state index in [2.05, 4.69) is 4.98 Å². The summed E-state index contributed by atoms with van der Waals surface area (Å²) in [6.07, 6.45) is 8.55. The molecule has 2 heterocycles. The summed E-state index contributed by atoms with van der Waals surface area (Å²) >= 11 is 0. The molecule has 0 spiro atoms. The summed E-state index contributed by atoms with van der Waals surface area (Å²) in [5.74, 6) is 0.592.